The van der Waals surface area contributed by atoms with Gasteiger partial charge in [-0.05, 0) is 37.0 Å². The van der Waals surface area contributed by atoms with E-state index < -0.39 is 30.0 Å². The van der Waals surface area contributed by atoms with E-state index in [0.717, 1.165) is 18.6 Å². The van der Waals surface area contributed by atoms with Crippen LogP contribution in [0.15, 0.2) is 24.3 Å². The van der Waals surface area contributed by atoms with Crippen molar-refractivity contribution in [2.24, 2.45) is 0 Å². The van der Waals surface area contributed by atoms with Crippen LogP contribution in [0.25, 0.3) is 0 Å². The number of halogens is 3. The van der Waals surface area contributed by atoms with Crippen molar-refractivity contribution in [2.75, 3.05) is 13.2 Å². The molecule has 2 fully saturated rings. The molecule has 1 aromatic rings. The van der Waals surface area contributed by atoms with Crippen molar-refractivity contribution in [1.82, 2.24) is 4.90 Å². The number of carbonyl (C=O) groups excluding carboxylic acids is 1. The summed E-state index contributed by atoms with van der Waals surface area (Å²) in [4.78, 5) is 14.0. The Balaban J connectivity index is 1.86. The van der Waals surface area contributed by atoms with Gasteiger partial charge in [-0.1, -0.05) is 12.1 Å². The maximum Gasteiger partial charge on any atom is 0.416 e. The molecule has 0 aliphatic carbocycles. The largest absolute Gasteiger partial charge is 0.416 e. The Hall–Kier alpha value is -1.60. The Morgan fingerprint density at radius 1 is 1.35 bits per heavy atom. The summed E-state index contributed by atoms with van der Waals surface area (Å²) in [6, 6.07) is 4.40. The summed E-state index contributed by atoms with van der Waals surface area (Å²) in [6.07, 6.45) is -4.08. The minimum Gasteiger partial charge on any atom is -0.391 e. The molecule has 23 heavy (non-hydrogen) atoms. The van der Waals surface area contributed by atoms with Crippen molar-refractivity contribution >= 4 is 5.91 Å². The van der Waals surface area contributed by atoms with Crippen molar-refractivity contribution < 1.29 is 27.8 Å². The van der Waals surface area contributed by atoms with E-state index in [1.54, 1.807) is 6.07 Å². The van der Waals surface area contributed by atoms with Crippen molar-refractivity contribution in [1.29, 1.82) is 0 Å². The van der Waals surface area contributed by atoms with Gasteiger partial charge in [0.25, 0.3) is 5.91 Å². The summed E-state index contributed by atoms with van der Waals surface area (Å²) in [5.74, 6) is -0.249. The molecule has 0 radical (unpaired) electrons. The van der Waals surface area contributed by atoms with Gasteiger partial charge in [0.2, 0.25) is 0 Å². The van der Waals surface area contributed by atoms with Crippen LogP contribution in [0.3, 0.4) is 0 Å². The van der Waals surface area contributed by atoms with E-state index in [0.29, 0.717) is 18.6 Å². The second-order valence-electron chi connectivity index (χ2n) is 6.02. The van der Waals surface area contributed by atoms with Gasteiger partial charge in [0, 0.05) is 13.2 Å². The first kappa shape index (κ1) is 16.3. The molecule has 0 spiro atoms. The topological polar surface area (TPSA) is 49.8 Å². The third-order valence-electron chi connectivity index (χ3n) is 4.37. The molecule has 0 aromatic heterocycles. The lowest BCUT2D eigenvalue weighted by Crippen LogP contribution is -2.39. The maximum atomic E-state index is 12.9. The minimum absolute atomic E-state index is 0.125. The number of hydrogen-bond donors (Lipinski definition) is 1. The van der Waals surface area contributed by atoms with Crippen molar-refractivity contribution in [3.05, 3.63) is 35.4 Å². The van der Waals surface area contributed by atoms with Crippen molar-refractivity contribution in [3.63, 3.8) is 0 Å². The molecule has 1 aromatic carbocycles. The van der Waals surface area contributed by atoms with E-state index in [4.69, 9.17) is 4.74 Å². The van der Waals surface area contributed by atoms with Crippen LogP contribution < -0.4 is 0 Å². The number of hydrogen-bond acceptors (Lipinski definition) is 3. The van der Waals surface area contributed by atoms with E-state index in [1.807, 2.05) is 0 Å². The first-order chi connectivity index (χ1) is 10.9. The Bertz CT molecular complexity index is 584. The van der Waals surface area contributed by atoms with Gasteiger partial charge in [-0.3, -0.25) is 4.79 Å². The summed E-state index contributed by atoms with van der Waals surface area (Å²) < 4.78 is 44.0. The number of rotatable bonds is 2. The Morgan fingerprint density at radius 2 is 2.13 bits per heavy atom. The number of carbonyl (C=O) groups is 1. The van der Waals surface area contributed by atoms with Gasteiger partial charge in [0.15, 0.2) is 0 Å². The monoisotopic (exact) mass is 329 g/mol. The number of nitrogens with zero attached hydrogens (tertiary/aromatic N) is 1. The molecular formula is C16H18F3NO3. The second kappa shape index (κ2) is 6.13. The molecule has 126 valence electrons. The molecule has 1 N–H and O–H groups in total. The average molecular weight is 329 g/mol. The predicted octanol–water partition coefficient (Wildman–Crippen LogP) is 2.52. The minimum atomic E-state index is -4.43. The zero-order chi connectivity index (χ0) is 16.6. The summed E-state index contributed by atoms with van der Waals surface area (Å²) in [7, 11) is 0. The number of likely N-dealkylation sites (tertiary alicyclic amines) is 1. The van der Waals surface area contributed by atoms with Gasteiger partial charge in [0.05, 0.1) is 17.7 Å². The molecule has 1 amide bonds. The summed E-state index contributed by atoms with van der Waals surface area (Å²) in [5, 5.41) is 9.90. The van der Waals surface area contributed by atoms with Gasteiger partial charge in [-0.2, -0.15) is 13.2 Å². The molecule has 0 saturated carbocycles. The average Bonchev–Trinajstić information content (AvgIpc) is 3.15. The number of β-amino-alcohol motifs (C(OH)–C–C–N with tert-alkyl or cyclic N) is 1. The van der Waals surface area contributed by atoms with Crippen molar-refractivity contribution in [3.8, 4) is 0 Å². The first-order valence-electron chi connectivity index (χ1n) is 7.63. The molecule has 2 saturated heterocycles. The van der Waals surface area contributed by atoms with Crippen molar-refractivity contribution in [2.45, 2.75) is 43.7 Å². The number of aliphatic hydroxyl groups is 1. The number of benzene rings is 1. The van der Waals surface area contributed by atoms with Gasteiger partial charge in [-0.25, -0.2) is 0 Å². The van der Waals surface area contributed by atoms with E-state index in [-0.39, 0.29) is 18.9 Å². The lowest BCUT2D eigenvalue weighted by molar-refractivity contribution is -0.142. The van der Waals surface area contributed by atoms with Gasteiger partial charge in [0.1, 0.15) is 6.10 Å². The normalized spacial score (nSPS) is 28.3. The quantitative estimate of drug-likeness (QED) is 0.907. The second-order valence-corrected chi connectivity index (χ2v) is 6.02. The molecule has 3 rings (SSSR count). The Labute approximate surface area is 131 Å². The first-order valence-corrected chi connectivity index (χ1v) is 7.63. The van der Waals surface area contributed by atoms with Crippen LogP contribution in [-0.4, -0.2) is 41.3 Å². The van der Waals surface area contributed by atoms with E-state index in [2.05, 4.69) is 0 Å². The molecule has 3 atom stereocenters. The fourth-order valence-electron chi connectivity index (χ4n) is 3.25. The van der Waals surface area contributed by atoms with Gasteiger partial charge >= 0.3 is 6.18 Å². The van der Waals surface area contributed by atoms with Gasteiger partial charge < -0.3 is 14.7 Å². The number of alkyl halides is 3. The highest BCUT2D eigenvalue weighted by molar-refractivity contribution is 5.82. The van der Waals surface area contributed by atoms with Crippen LogP contribution in [0.4, 0.5) is 13.2 Å². The molecule has 4 nitrogen and oxygen atoms in total. The molecular weight excluding hydrogens is 311 g/mol. The Kier molecular flexibility index (Phi) is 4.33. The molecule has 2 aliphatic heterocycles. The number of ether oxygens (including phenoxy) is 1. The molecule has 2 aliphatic rings. The lowest BCUT2D eigenvalue weighted by Gasteiger charge is -2.27. The number of aliphatic hydroxyl groups excluding tert-OH is 1. The van der Waals surface area contributed by atoms with E-state index in [1.165, 1.54) is 11.0 Å². The smallest absolute Gasteiger partial charge is 0.391 e. The summed E-state index contributed by atoms with van der Waals surface area (Å²) in [5.41, 5.74) is -0.358. The van der Waals surface area contributed by atoms with Crippen LogP contribution in [0.1, 0.15) is 36.4 Å². The van der Waals surface area contributed by atoms with Gasteiger partial charge in [-0.15, -0.1) is 0 Å². The van der Waals surface area contributed by atoms with Crippen LogP contribution >= 0.6 is 0 Å². The van der Waals surface area contributed by atoms with Crippen LogP contribution in [0.2, 0.25) is 0 Å². The lowest BCUT2D eigenvalue weighted by atomic mass is 10.0. The standard InChI is InChI=1S/C16H18F3NO3/c17-16(18,19)11-4-1-3-10(7-11)13-8-12(21)9-20(13)15(22)14-5-2-6-23-14/h1,3-4,7,12-14,21H,2,5-6,8-9H2. The maximum absolute atomic E-state index is 12.9. The van der Waals surface area contributed by atoms with Crippen LogP contribution in [0.5, 0.6) is 0 Å². The fourth-order valence-corrected chi connectivity index (χ4v) is 3.25. The third-order valence-corrected chi connectivity index (χ3v) is 4.37. The molecule has 0 bridgehead atoms. The highest BCUT2D eigenvalue weighted by Gasteiger charge is 2.40. The third kappa shape index (κ3) is 3.35. The zero-order valence-electron chi connectivity index (χ0n) is 12.4. The van der Waals surface area contributed by atoms with Crippen LogP contribution in [0, 0.1) is 0 Å². The summed E-state index contributed by atoms with van der Waals surface area (Å²) >= 11 is 0. The van der Waals surface area contributed by atoms with Crippen LogP contribution in [-0.2, 0) is 15.7 Å². The Morgan fingerprint density at radius 3 is 2.78 bits per heavy atom. The fraction of sp³-hybridized carbons (Fsp3) is 0.562. The molecule has 7 heteroatoms. The molecule has 2 heterocycles. The summed E-state index contributed by atoms with van der Waals surface area (Å²) in [6.45, 7) is 0.640. The van der Waals surface area contributed by atoms with E-state index in [9.17, 15) is 23.1 Å². The van der Waals surface area contributed by atoms with E-state index >= 15 is 0 Å². The zero-order valence-corrected chi connectivity index (χ0v) is 12.4. The highest BCUT2D eigenvalue weighted by Crippen LogP contribution is 2.37. The highest BCUT2D eigenvalue weighted by atomic mass is 19.4. The molecule has 3 unspecified atom stereocenters. The predicted molar refractivity (Wildman–Crippen MR) is 75.5 cm³/mol. The number of amides is 1. The SMILES string of the molecule is O=C(C1CCCO1)N1CC(O)CC1c1cccc(C(F)(F)F)c1.